The lowest BCUT2D eigenvalue weighted by Crippen LogP contribution is -2.18. The Balaban J connectivity index is 1.45. The molecule has 8 rings (SSSR count). The first kappa shape index (κ1) is 20.3. The van der Waals surface area contributed by atoms with Crippen molar-refractivity contribution in [2.24, 2.45) is 0 Å². The average Bonchev–Trinajstić information content (AvgIpc) is 3.74. The molecule has 0 fully saturated rings. The predicted octanol–water partition coefficient (Wildman–Crippen LogP) is 3.81. The number of rotatable bonds is 1. The molecule has 1 aliphatic heterocycles. The molecular formula is C33H24N4. The first-order chi connectivity index (χ1) is 18.3. The van der Waals surface area contributed by atoms with Gasteiger partial charge in [-0.05, 0) is 89.0 Å². The van der Waals surface area contributed by atoms with Crippen molar-refractivity contribution in [1.82, 2.24) is 19.9 Å². The van der Waals surface area contributed by atoms with Crippen molar-refractivity contribution in [3.05, 3.63) is 152 Å². The molecule has 5 heterocycles. The highest BCUT2D eigenvalue weighted by Gasteiger charge is 2.32. The standard InChI is InChI=1S/C33H24N4/c1-3-7-28-26(5-1)27-6-2-4-8-29(27)32(28)33-30-15-13-24(36-30)18-22-11-9-20(34-22)17-21-10-12-23(35-21)19-25-14-16-31(33)37-25/h1-19,32,34-37H. The number of nitrogens with one attached hydrogen (secondary N) is 4. The third-order valence-electron chi connectivity index (χ3n) is 7.52. The van der Waals surface area contributed by atoms with Crippen LogP contribution in [0, 0.1) is 0 Å². The van der Waals surface area contributed by atoms with Crippen LogP contribution < -0.4 is 21.4 Å². The Labute approximate surface area is 213 Å². The molecule has 1 aliphatic carbocycles. The molecule has 2 aliphatic rings. The van der Waals surface area contributed by atoms with E-state index < -0.39 is 0 Å². The molecule has 0 spiro atoms. The minimum atomic E-state index is 0.119. The number of hydrogen-bond donors (Lipinski definition) is 4. The van der Waals surface area contributed by atoms with Crippen LogP contribution in [0.3, 0.4) is 0 Å². The molecule has 0 amide bonds. The van der Waals surface area contributed by atoms with Gasteiger partial charge in [0.25, 0.3) is 0 Å². The van der Waals surface area contributed by atoms with Gasteiger partial charge in [0.1, 0.15) is 0 Å². The van der Waals surface area contributed by atoms with Gasteiger partial charge in [0.15, 0.2) is 0 Å². The summed E-state index contributed by atoms with van der Waals surface area (Å²) >= 11 is 0. The second-order valence-electron chi connectivity index (χ2n) is 9.85. The van der Waals surface area contributed by atoms with Crippen LogP contribution in [-0.2, 0) is 0 Å². The van der Waals surface area contributed by atoms with Crippen molar-refractivity contribution < 1.29 is 0 Å². The molecule has 8 bridgehead atoms. The summed E-state index contributed by atoms with van der Waals surface area (Å²) in [5.41, 5.74) is 10.9. The van der Waals surface area contributed by atoms with Crippen LogP contribution in [0.1, 0.15) is 39.8 Å². The van der Waals surface area contributed by atoms with Crippen LogP contribution in [0.5, 0.6) is 0 Å². The Morgan fingerprint density at radius 2 is 0.973 bits per heavy atom. The van der Waals surface area contributed by atoms with E-state index in [1.807, 2.05) is 0 Å². The van der Waals surface area contributed by atoms with Gasteiger partial charge in [-0.3, -0.25) is 0 Å². The second-order valence-corrected chi connectivity index (χ2v) is 9.85. The lowest BCUT2D eigenvalue weighted by molar-refractivity contribution is 1.05. The van der Waals surface area contributed by atoms with Crippen molar-refractivity contribution in [2.75, 3.05) is 0 Å². The number of benzene rings is 2. The third-order valence-corrected chi connectivity index (χ3v) is 7.52. The van der Waals surface area contributed by atoms with Crippen LogP contribution in [-0.4, -0.2) is 19.9 Å². The van der Waals surface area contributed by atoms with E-state index in [2.05, 4.69) is 135 Å². The van der Waals surface area contributed by atoms with Crippen molar-refractivity contribution >= 4 is 23.8 Å². The number of aromatic nitrogens is 4. The zero-order valence-electron chi connectivity index (χ0n) is 20.0. The molecule has 6 aromatic rings. The van der Waals surface area contributed by atoms with E-state index in [1.165, 1.54) is 27.8 Å². The Bertz CT molecular complexity index is 2010. The fourth-order valence-electron chi connectivity index (χ4n) is 5.93. The van der Waals surface area contributed by atoms with E-state index in [-0.39, 0.29) is 5.92 Å². The molecule has 0 saturated carbocycles. The van der Waals surface area contributed by atoms with Crippen molar-refractivity contribution in [2.45, 2.75) is 5.92 Å². The molecule has 4 nitrogen and oxygen atoms in total. The van der Waals surface area contributed by atoms with E-state index in [9.17, 15) is 0 Å². The maximum absolute atomic E-state index is 3.72. The summed E-state index contributed by atoms with van der Waals surface area (Å²) in [5.74, 6) is 0.119. The largest absolute Gasteiger partial charge is 0.355 e. The Hall–Kier alpha value is -4.96. The molecule has 0 unspecified atom stereocenters. The lowest BCUT2D eigenvalue weighted by atomic mass is 9.87. The van der Waals surface area contributed by atoms with Crippen LogP contribution in [0.4, 0.5) is 0 Å². The molecule has 4 heteroatoms. The minimum Gasteiger partial charge on any atom is -0.355 e. The maximum Gasteiger partial charge on any atom is 0.0448 e. The topological polar surface area (TPSA) is 63.2 Å². The Morgan fingerprint density at radius 3 is 1.65 bits per heavy atom. The van der Waals surface area contributed by atoms with E-state index >= 15 is 0 Å². The van der Waals surface area contributed by atoms with Gasteiger partial charge >= 0.3 is 0 Å². The molecule has 4 aromatic heterocycles. The Morgan fingerprint density at radius 1 is 0.432 bits per heavy atom. The molecular weight excluding hydrogens is 452 g/mol. The normalized spacial score (nSPS) is 13.9. The first-order valence-electron chi connectivity index (χ1n) is 12.6. The van der Waals surface area contributed by atoms with Crippen LogP contribution in [0.15, 0.2) is 97.1 Å². The second kappa shape index (κ2) is 7.77. The predicted molar refractivity (Wildman–Crippen MR) is 149 cm³/mol. The summed E-state index contributed by atoms with van der Waals surface area (Å²) in [6.07, 6.45) is 6.45. The fourth-order valence-corrected chi connectivity index (χ4v) is 5.93. The molecule has 0 saturated heterocycles. The van der Waals surface area contributed by atoms with E-state index in [4.69, 9.17) is 0 Å². The summed E-state index contributed by atoms with van der Waals surface area (Å²) in [6, 6.07) is 34.8. The Kier molecular flexibility index (Phi) is 4.25. The highest BCUT2D eigenvalue weighted by atomic mass is 14.8. The number of aromatic amines is 4. The van der Waals surface area contributed by atoms with Crippen molar-refractivity contribution in [1.29, 1.82) is 0 Å². The number of fused-ring (bicyclic) bond motifs is 11. The summed E-state index contributed by atoms with van der Waals surface area (Å²) < 4.78 is 0. The zero-order valence-corrected chi connectivity index (χ0v) is 20.0. The average molecular weight is 477 g/mol. The summed E-state index contributed by atoms with van der Waals surface area (Å²) in [5, 5.41) is 4.30. The SMILES string of the molecule is C1=c2ccc([nH]2)=Cc2ccc([nH]2)C(C2c3ccccc3-c3ccccc32)=c2ccc([nH]2)=Cc2ccc1[nH]2. The lowest BCUT2D eigenvalue weighted by Gasteiger charge is -2.17. The van der Waals surface area contributed by atoms with Gasteiger partial charge in [-0.15, -0.1) is 0 Å². The monoisotopic (exact) mass is 476 g/mol. The molecule has 0 atom stereocenters. The minimum absolute atomic E-state index is 0.119. The van der Waals surface area contributed by atoms with Gasteiger partial charge in [0, 0.05) is 55.7 Å². The molecule has 37 heavy (non-hydrogen) atoms. The van der Waals surface area contributed by atoms with Gasteiger partial charge in [-0.1, -0.05) is 48.5 Å². The van der Waals surface area contributed by atoms with Gasteiger partial charge in [0.2, 0.25) is 0 Å². The fraction of sp³-hybridized carbons (Fsp3) is 0.0303. The molecule has 176 valence electrons. The number of hydrogen-bond acceptors (Lipinski definition) is 0. The highest BCUT2D eigenvalue weighted by Crippen LogP contribution is 2.49. The third kappa shape index (κ3) is 3.30. The van der Waals surface area contributed by atoms with Gasteiger partial charge in [0.05, 0.1) is 0 Å². The molecule has 0 radical (unpaired) electrons. The summed E-state index contributed by atoms with van der Waals surface area (Å²) in [6.45, 7) is 0. The molecule has 4 N–H and O–H groups in total. The van der Waals surface area contributed by atoms with Crippen LogP contribution in [0.25, 0.3) is 34.9 Å². The molecule has 2 aromatic carbocycles. The number of H-pyrrole nitrogens is 4. The van der Waals surface area contributed by atoms with Gasteiger partial charge < -0.3 is 19.9 Å². The van der Waals surface area contributed by atoms with Crippen LogP contribution >= 0.6 is 0 Å². The first-order valence-corrected chi connectivity index (χ1v) is 12.6. The maximum atomic E-state index is 3.72. The summed E-state index contributed by atoms with van der Waals surface area (Å²) in [7, 11) is 0. The van der Waals surface area contributed by atoms with Crippen molar-refractivity contribution in [3.8, 4) is 11.1 Å². The quantitative estimate of drug-likeness (QED) is 0.279. The van der Waals surface area contributed by atoms with Gasteiger partial charge in [-0.2, -0.15) is 0 Å². The summed E-state index contributed by atoms with van der Waals surface area (Å²) in [4.78, 5) is 14.5. The van der Waals surface area contributed by atoms with Gasteiger partial charge in [-0.25, -0.2) is 0 Å². The highest BCUT2D eigenvalue weighted by molar-refractivity contribution is 5.87. The van der Waals surface area contributed by atoms with Crippen LogP contribution in [0.2, 0.25) is 0 Å². The smallest absolute Gasteiger partial charge is 0.0448 e. The van der Waals surface area contributed by atoms with Crippen molar-refractivity contribution in [3.63, 3.8) is 0 Å². The zero-order chi connectivity index (χ0) is 24.3. The van der Waals surface area contributed by atoms with E-state index in [0.29, 0.717) is 0 Å². The van der Waals surface area contributed by atoms with E-state index in [0.717, 1.165) is 44.2 Å². The van der Waals surface area contributed by atoms with E-state index in [1.54, 1.807) is 0 Å².